The third kappa shape index (κ3) is 4.40. The van der Waals surface area contributed by atoms with E-state index in [9.17, 15) is 9.59 Å². The first-order chi connectivity index (χ1) is 14.1. The average Bonchev–Trinajstić information content (AvgIpc) is 2.77. The zero-order chi connectivity index (χ0) is 20.2. The first kappa shape index (κ1) is 19.4. The molecule has 1 fully saturated rings. The SMILES string of the molecule is O=C(OCC(=O)N1CCN(c2ccccc2Cl)CC1)c1ccc2c(c1)OCCO2. The van der Waals surface area contributed by atoms with Gasteiger partial charge in [-0.25, -0.2) is 4.79 Å². The first-order valence-electron chi connectivity index (χ1n) is 9.46. The number of carbonyl (C=O) groups is 2. The molecule has 0 aliphatic carbocycles. The Balaban J connectivity index is 1.28. The Bertz CT molecular complexity index is 912. The summed E-state index contributed by atoms with van der Waals surface area (Å²) in [6.07, 6.45) is 0. The molecule has 0 aromatic heterocycles. The van der Waals surface area contributed by atoms with Gasteiger partial charge in [0, 0.05) is 26.2 Å². The summed E-state index contributed by atoms with van der Waals surface area (Å²) in [7, 11) is 0. The fraction of sp³-hybridized carbons (Fsp3) is 0.333. The number of fused-ring (bicyclic) bond motifs is 1. The summed E-state index contributed by atoms with van der Waals surface area (Å²) in [5.41, 5.74) is 1.29. The van der Waals surface area contributed by atoms with E-state index in [-0.39, 0.29) is 12.5 Å². The van der Waals surface area contributed by atoms with Crippen molar-refractivity contribution >= 4 is 29.2 Å². The minimum absolute atomic E-state index is 0.213. The number of esters is 1. The van der Waals surface area contributed by atoms with Crippen molar-refractivity contribution in [2.75, 3.05) is 50.9 Å². The van der Waals surface area contributed by atoms with Crippen LogP contribution in [0.3, 0.4) is 0 Å². The topological polar surface area (TPSA) is 68.3 Å². The van der Waals surface area contributed by atoms with E-state index in [0.29, 0.717) is 61.5 Å². The zero-order valence-electron chi connectivity index (χ0n) is 15.8. The van der Waals surface area contributed by atoms with Crippen LogP contribution in [0.25, 0.3) is 0 Å². The van der Waals surface area contributed by atoms with Gasteiger partial charge in [0.05, 0.1) is 16.3 Å². The lowest BCUT2D eigenvalue weighted by atomic mass is 10.2. The predicted molar refractivity (Wildman–Crippen MR) is 108 cm³/mol. The Morgan fingerprint density at radius 1 is 0.966 bits per heavy atom. The van der Waals surface area contributed by atoms with Gasteiger partial charge in [0.15, 0.2) is 18.1 Å². The Hall–Kier alpha value is -2.93. The summed E-state index contributed by atoms with van der Waals surface area (Å²) < 4.78 is 16.1. The fourth-order valence-electron chi connectivity index (χ4n) is 3.38. The highest BCUT2D eigenvalue weighted by molar-refractivity contribution is 6.33. The second kappa shape index (κ2) is 8.61. The van der Waals surface area contributed by atoms with E-state index in [4.69, 9.17) is 25.8 Å². The summed E-state index contributed by atoms with van der Waals surface area (Å²) in [5.74, 6) is 0.327. The number of carbonyl (C=O) groups excluding carboxylic acids is 2. The van der Waals surface area contributed by atoms with Gasteiger partial charge in [-0.1, -0.05) is 23.7 Å². The van der Waals surface area contributed by atoms with Gasteiger partial charge in [0.25, 0.3) is 5.91 Å². The molecule has 2 aliphatic rings. The van der Waals surface area contributed by atoms with Crippen molar-refractivity contribution in [3.63, 3.8) is 0 Å². The number of nitrogens with zero attached hydrogens (tertiary/aromatic N) is 2. The lowest BCUT2D eigenvalue weighted by molar-refractivity contribution is -0.134. The molecular formula is C21H21ClN2O5. The van der Waals surface area contributed by atoms with Crippen LogP contribution in [-0.4, -0.2) is 62.8 Å². The van der Waals surface area contributed by atoms with Crippen LogP contribution < -0.4 is 14.4 Å². The highest BCUT2D eigenvalue weighted by Crippen LogP contribution is 2.31. The molecule has 2 aromatic carbocycles. The molecule has 7 nitrogen and oxygen atoms in total. The highest BCUT2D eigenvalue weighted by atomic mass is 35.5. The van der Waals surface area contributed by atoms with E-state index < -0.39 is 5.97 Å². The van der Waals surface area contributed by atoms with E-state index in [2.05, 4.69) is 4.90 Å². The molecule has 4 rings (SSSR count). The molecule has 2 aromatic rings. The van der Waals surface area contributed by atoms with Crippen molar-refractivity contribution in [2.24, 2.45) is 0 Å². The van der Waals surface area contributed by atoms with Crippen LogP contribution >= 0.6 is 11.6 Å². The molecule has 0 radical (unpaired) electrons. The van der Waals surface area contributed by atoms with Crippen LogP contribution in [0.2, 0.25) is 5.02 Å². The second-order valence-corrected chi connectivity index (χ2v) is 7.16. The third-order valence-electron chi connectivity index (χ3n) is 4.93. The van der Waals surface area contributed by atoms with Gasteiger partial charge in [-0.15, -0.1) is 0 Å². The van der Waals surface area contributed by atoms with E-state index in [0.717, 1.165) is 5.69 Å². The summed E-state index contributed by atoms with van der Waals surface area (Å²) in [4.78, 5) is 28.6. The van der Waals surface area contributed by atoms with Crippen molar-refractivity contribution in [3.05, 3.63) is 53.1 Å². The Morgan fingerprint density at radius 3 is 2.45 bits per heavy atom. The Morgan fingerprint density at radius 2 is 1.69 bits per heavy atom. The molecular weight excluding hydrogens is 396 g/mol. The van der Waals surface area contributed by atoms with Gasteiger partial charge in [-0.2, -0.15) is 0 Å². The summed E-state index contributed by atoms with van der Waals surface area (Å²) in [5, 5.41) is 0.695. The lowest BCUT2D eigenvalue weighted by Gasteiger charge is -2.36. The number of hydrogen-bond acceptors (Lipinski definition) is 6. The largest absolute Gasteiger partial charge is 0.486 e. The van der Waals surface area contributed by atoms with Gasteiger partial charge in [-0.3, -0.25) is 4.79 Å². The monoisotopic (exact) mass is 416 g/mol. The molecule has 0 atom stereocenters. The van der Waals surface area contributed by atoms with Crippen molar-refractivity contribution in [2.45, 2.75) is 0 Å². The van der Waals surface area contributed by atoms with Gasteiger partial charge in [-0.05, 0) is 30.3 Å². The highest BCUT2D eigenvalue weighted by Gasteiger charge is 2.24. The van der Waals surface area contributed by atoms with Gasteiger partial charge in [0.2, 0.25) is 0 Å². The number of halogens is 1. The maximum absolute atomic E-state index is 12.4. The minimum atomic E-state index is -0.565. The normalized spacial score (nSPS) is 15.8. The van der Waals surface area contributed by atoms with E-state index in [1.807, 2.05) is 24.3 Å². The van der Waals surface area contributed by atoms with Crippen molar-refractivity contribution in [1.82, 2.24) is 4.90 Å². The second-order valence-electron chi connectivity index (χ2n) is 6.75. The predicted octanol–water partition coefficient (Wildman–Crippen LogP) is 2.62. The van der Waals surface area contributed by atoms with E-state index >= 15 is 0 Å². The van der Waals surface area contributed by atoms with E-state index in [1.165, 1.54) is 0 Å². The quantitative estimate of drug-likeness (QED) is 0.714. The number of anilines is 1. The van der Waals surface area contributed by atoms with E-state index in [1.54, 1.807) is 23.1 Å². The average molecular weight is 417 g/mol. The number of rotatable bonds is 4. The molecule has 8 heteroatoms. The Kier molecular flexibility index (Phi) is 5.76. The van der Waals surface area contributed by atoms with Crippen molar-refractivity contribution < 1.29 is 23.8 Å². The smallest absolute Gasteiger partial charge is 0.338 e. The summed E-state index contributed by atoms with van der Waals surface area (Å²) >= 11 is 6.25. The summed E-state index contributed by atoms with van der Waals surface area (Å²) in [6.45, 7) is 3.06. The number of hydrogen-bond donors (Lipinski definition) is 0. The fourth-order valence-corrected chi connectivity index (χ4v) is 3.63. The van der Waals surface area contributed by atoms with Crippen molar-refractivity contribution in [3.8, 4) is 11.5 Å². The Labute approximate surface area is 173 Å². The lowest BCUT2D eigenvalue weighted by Crippen LogP contribution is -2.50. The van der Waals surface area contributed by atoms with Crippen molar-refractivity contribution in [1.29, 1.82) is 0 Å². The molecule has 0 spiro atoms. The molecule has 0 N–H and O–H groups in total. The number of para-hydroxylation sites is 1. The molecule has 2 aliphatic heterocycles. The van der Waals surface area contributed by atoms with Gasteiger partial charge >= 0.3 is 5.97 Å². The van der Waals surface area contributed by atoms with Crippen LogP contribution in [0.5, 0.6) is 11.5 Å². The molecule has 0 unspecified atom stereocenters. The number of benzene rings is 2. The first-order valence-corrected chi connectivity index (χ1v) is 9.83. The molecule has 1 saturated heterocycles. The van der Waals surface area contributed by atoms with Crippen LogP contribution in [0.15, 0.2) is 42.5 Å². The maximum Gasteiger partial charge on any atom is 0.338 e. The number of amides is 1. The number of piperazine rings is 1. The molecule has 152 valence electrons. The third-order valence-corrected chi connectivity index (χ3v) is 5.25. The minimum Gasteiger partial charge on any atom is -0.486 e. The van der Waals surface area contributed by atoms with Crippen LogP contribution in [0, 0.1) is 0 Å². The van der Waals surface area contributed by atoms with Crippen LogP contribution in [-0.2, 0) is 9.53 Å². The van der Waals surface area contributed by atoms with Gasteiger partial charge in [0.1, 0.15) is 13.2 Å². The van der Waals surface area contributed by atoms with Crippen LogP contribution in [0.4, 0.5) is 5.69 Å². The van der Waals surface area contributed by atoms with Crippen LogP contribution in [0.1, 0.15) is 10.4 Å². The molecule has 2 heterocycles. The summed E-state index contributed by atoms with van der Waals surface area (Å²) in [6, 6.07) is 12.5. The standard InChI is InChI=1S/C21H21ClN2O5/c22-16-3-1-2-4-17(16)23-7-9-24(10-8-23)20(25)14-29-21(26)15-5-6-18-19(13-15)28-12-11-27-18/h1-6,13H,7-12,14H2. The maximum atomic E-state index is 12.4. The molecule has 29 heavy (non-hydrogen) atoms. The molecule has 0 bridgehead atoms. The molecule has 0 saturated carbocycles. The van der Waals surface area contributed by atoms with Gasteiger partial charge < -0.3 is 24.0 Å². The number of ether oxygens (including phenoxy) is 3. The molecule has 1 amide bonds. The zero-order valence-corrected chi connectivity index (χ0v) is 16.6.